The Kier molecular flexibility index (Phi) is 6.61. The number of hydrogen-bond acceptors (Lipinski definition) is 8. The molecule has 1 fully saturated rings. The van der Waals surface area contributed by atoms with Crippen LogP contribution in [0.5, 0.6) is 5.75 Å². The number of nitrogen functional groups attached to an aromatic ring is 1. The lowest BCUT2D eigenvalue weighted by atomic mass is 9.98. The van der Waals surface area contributed by atoms with E-state index in [1.807, 2.05) is 12.1 Å². The molecule has 4 aromatic rings. The first-order valence-corrected chi connectivity index (χ1v) is 13.9. The molecule has 0 aliphatic carbocycles. The summed E-state index contributed by atoms with van der Waals surface area (Å²) in [6.45, 7) is 3.96. The first-order valence-electron chi connectivity index (χ1n) is 12.0. The van der Waals surface area contributed by atoms with Gasteiger partial charge in [-0.2, -0.15) is 5.10 Å². The summed E-state index contributed by atoms with van der Waals surface area (Å²) in [7, 11) is 0.516. The molecule has 1 saturated heterocycles. The normalized spacial score (nSPS) is 14.6. The third-order valence-electron chi connectivity index (χ3n) is 6.70. The molecule has 2 aromatic carbocycles. The molecule has 5 rings (SSSR count). The highest BCUT2D eigenvalue weighted by molar-refractivity contribution is 7.90. The van der Waals surface area contributed by atoms with Crippen LogP contribution in [-0.2, 0) is 9.84 Å². The lowest BCUT2D eigenvalue weighted by Gasteiger charge is -2.34. The zero-order chi connectivity index (χ0) is 26.2. The van der Waals surface area contributed by atoms with Crippen molar-refractivity contribution < 1.29 is 13.2 Å². The van der Waals surface area contributed by atoms with E-state index in [-0.39, 0.29) is 4.90 Å². The van der Waals surface area contributed by atoms with Gasteiger partial charge in [0, 0.05) is 67.1 Å². The van der Waals surface area contributed by atoms with E-state index in [1.54, 1.807) is 48.5 Å². The van der Waals surface area contributed by atoms with Crippen LogP contribution in [0.1, 0.15) is 0 Å². The van der Waals surface area contributed by atoms with E-state index in [0.29, 0.717) is 5.82 Å². The maximum atomic E-state index is 11.9. The fourth-order valence-corrected chi connectivity index (χ4v) is 5.24. The van der Waals surface area contributed by atoms with Crippen LogP contribution in [-0.4, -0.2) is 74.7 Å². The highest BCUT2D eigenvalue weighted by atomic mass is 32.2. The van der Waals surface area contributed by atoms with E-state index < -0.39 is 9.84 Å². The zero-order valence-electron chi connectivity index (χ0n) is 21.1. The second-order valence-electron chi connectivity index (χ2n) is 9.22. The molecular formula is C27H30N6O3S. The topological polar surface area (TPSA) is 107 Å². The van der Waals surface area contributed by atoms with Gasteiger partial charge in [-0.25, -0.2) is 18.1 Å². The van der Waals surface area contributed by atoms with Gasteiger partial charge in [0.1, 0.15) is 11.6 Å². The summed E-state index contributed by atoms with van der Waals surface area (Å²) >= 11 is 0. The number of rotatable bonds is 6. The maximum Gasteiger partial charge on any atom is 0.175 e. The molecule has 9 nitrogen and oxygen atoms in total. The predicted octanol–water partition coefficient (Wildman–Crippen LogP) is 3.35. The van der Waals surface area contributed by atoms with Gasteiger partial charge in [0.2, 0.25) is 0 Å². The molecule has 2 aromatic heterocycles. The van der Waals surface area contributed by atoms with Gasteiger partial charge in [-0.3, -0.25) is 0 Å². The second-order valence-corrected chi connectivity index (χ2v) is 11.2. The highest BCUT2D eigenvalue weighted by Crippen LogP contribution is 2.40. The molecule has 10 heteroatoms. The largest absolute Gasteiger partial charge is 0.496 e. The molecule has 0 spiro atoms. The maximum absolute atomic E-state index is 11.9. The molecule has 0 unspecified atom stereocenters. The Balaban J connectivity index is 1.57. The Labute approximate surface area is 217 Å². The van der Waals surface area contributed by atoms with Gasteiger partial charge >= 0.3 is 0 Å². The molecule has 37 heavy (non-hydrogen) atoms. The lowest BCUT2D eigenvalue weighted by molar-refractivity contribution is 0.312. The number of ether oxygens (including phenoxy) is 1. The van der Waals surface area contributed by atoms with Crippen molar-refractivity contribution in [2.75, 3.05) is 57.2 Å². The number of benzene rings is 2. The van der Waals surface area contributed by atoms with Gasteiger partial charge in [-0.05, 0) is 55.6 Å². The first kappa shape index (κ1) is 24.8. The van der Waals surface area contributed by atoms with Gasteiger partial charge in [0.25, 0.3) is 0 Å². The van der Waals surface area contributed by atoms with Crippen LogP contribution in [0.15, 0.2) is 71.9 Å². The number of nitrogens with zero attached hydrogens (tertiary/aromatic N) is 5. The average molecular weight is 519 g/mol. The predicted molar refractivity (Wildman–Crippen MR) is 146 cm³/mol. The van der Waals surface area contributed by atoms with Crippen LogP contribution < -0.4 is 15.4 Å². The van der Waals surface area contributed by atoms with Crippen molar-refractivity contribution in [1.29, 1.82) is 0 Å². The van der Waals surface area contributed by atoms with Crippen molar-refractivity contribution in [3.05, 3.63) is 67.0 Å². The number of sulfone groups is 1. The standard InChI is InChI=1S/C27H30N6O3S/c1-31-12-14-32(15-13-31)20-6-9-22(26(16-20)36-2)24-18-29-27(28)17-23(24)25-10-11-30-33(25)19-4-7-21(8-5-19)37(3,34)35/h4-11,16-18H,12-15H2,1-3H3,(H2,28,29). The molecule has 0 amide bonds. The van der Waals surface area contributed by atoms with E-state index in [2.05, 4.69) is 45.1 Å². The molecule has 3 heterocycles. The number of pyridine rings is 1. The summed E-state index contributed by atoms with van der Waals surface area (Å²) in [6.07, 6.45) is 4.64. The minimum atomic E-state index is -3.30. The van der Waals surface area contributed by atoms with Gasteiger partial charge < -0.3 is 20.3 Å². The van der Waals surface area contributed by atoms with Crippen molar-refractivity contribution in [3.8, 4) is 33.8 Å². The van der Waals surface area contributed by atoms with Crippen molar-refractivity contribution in [2.24, 2.45) is 0 Å². The highest BCUT2D eigenvalue weighted by Gasteiger charge is 2.20. The Bertz CT molecular complexity index is 1520. The van der Waals surface area contributed by atoms with E-state index in [0.717, 1.165) is 65.7 Å². The summed E-state index contributed by atoms with van der Waals surface area (Å²) in [4.78, 5) is 9.32. The molecule has 192 valence electrons. The summed E-state index contributed by atoms with van der Waals surface area (Å²) < 4.78 is 31.4. The van der Waals surface area contributed by atoms with Crippen molar-refractivity contribution >= 4 is 21.3 Å². The van der Waals surface area contributed by atoms with Crippen molar-refractivity contribution in [3.63, 3.8) is 0 Å². The van der Waals surface area contributed by atoms with Crippen LogP contribution in [0, 0.1) is 0 Å². The smallest absolute Gasteiger partial charge is 0.175 e. The van der Waals surface area contributed by atoms with Gasteiger partial charge in [-0.1, -0.05) is 0 Å². The van der Waals surface area contributed by atoms with E-state index in [4.69, 9.17) is 10.5 Å². The van der Waals surface area contributed by atoms with E-state index >= 15 is 0 Å². The van der Waals surface area contributed by atoms with Crippen LogP contribution in [0.4, 0.5) is 11.5 Å². The van der Waals surface area contributed by atoms with Crippen LogP contribution in [0.25, 0.3) is 28.1 Å². The molecule has 2 N–H and O–H groups in total. The molecule has 0 bridgehead atoms. The van der Waals surface area contributed by atoms with Crippen molar-refractivity contribution in [1.82, 2.24) is 19.7 Å². The Morgan fingerprint density at radius 2 is 1.59 bits per heavy atom. The summed E-state index contributed by atoms with van der Waals surface area (Å²) in [6, 6.07) is 16.6. The summed E-state index contributed by atoms with van der Waals surface area (Å²) in [5.74, 6) is 1.12. The van der Waals surface area contributed by atoms with Gasteiger partial charge in [0.15, 0.2) is 9.84 Å². The molecule has 0 atom stereocenters. The van der Waals surface area contributed by atoms with E-state index in [9.17, 15) is 8.42 Å². The lowest BCUT2D eigenvalue weighted by Crippen LogP contribution is -2.44. The minimum Gasteiger partial charge on any atom is -0.496 e. The average Bonchev–Trinajstić information content (AvgIpc) is 3.38. The number of nitrogens with two attached hydrogens (primary N) is 1. The fourth-order valence-electron chi connectivity index (χ4n) is 4.61. The zero-order valence-corrected chi connectivity index (χ0v) is 21.9. The number of hydrogen-bond donors (Lipinski definition) is 1. The third kappa shape index (κ3) is 5.03. The molecule has 0 radical (unpaired) electrons. The molecule has 1 aliphatic heterocycles. The van der Waals surface area contributed by atoms with Crippen LogP contribution in [0.3, 0.4) is 0 Å². The Morgan fingerprint density at radius 3 is 2.27 bits per heavy atom. The van der Waals surface area contributed by atoms with Crippen LogP contribution >= 0.6 is 0 Å². The van der Waals surface area contributed by atoms with Gasteiger partial charge in [0.05, 0.1) is 29.6 Å². The fraction of sp³-hybridized carbons (Fsp3) is 0.259. The minimum absolute atomic E-state index is 0.254. The number of piperazine rings is 1. The number of likely N-dealkylation sites (N-methyl/N-ethyl adjacent to an activating group) is 1. The Hall–Kier alpha value is -3.89. The molecule has 0 saturated carbocycles. The summed E-state index contributed by atoms with van der Waals surface area (Å²) in [5, 5.41) is 4.51. The summed E-state index contributed by atoms with van der Waals surface area (Å²) in [5.41, 5.74) is 11.3. The second kappa shape index (κ2) is 9.87. The number of aromatic nitrogens is 3. The molecule has 1 aliphatic rings. The third-order valence-corrected chi connectivity index (χ3v) is 7.83. The quantitative estimate of drug-likeness (QED) is 0.414. The number of anilines is 2. The monoisotopic (exact) mass is 518 g/mol. The van der Waals surface area contributed by atoms with E-state index in [1.165, 1.54) is 6.26 Å². The van der Waals surface area contributed by atoms with Gasteiger partial charge in [-0.15, -0.1) is 0 Å². The number of methoxy groups -OCH3 is 1. The Morgan fingerprint density at radius 1 is 0.892 bits per heavy atom. The first-order chi connectivity index (χ1) is 17.7. The van der Waals surface area contributed by atoms with Crippen molar-refractivity contribution in [2.45, 2.75) is 4.90 Å². The molecular weight excluding hydrogens is 488 g/mol. The van der Waals surface area contributed by atoms with Crippen LogP contribution in [0.2, 0.25) is 0 Å². The SMILES string of the molecule is COc1cc(N2CCN(C)CC2)ccc1-c1cnc(N)cc1-c1ccnn1-c1ccc(S(C)(=O)=O)cc1.